The van der Waals surface area contributed by atoms with Crippen LogP contribution >= 0.6 is 0 Å². The number of terminal acetylenes is 1. The van der Waals surface area contributed by atoms with Crippen molar-refractivity contribution >= 4 is 11.4 Å². The van der Waals surface area contributed by atoms with E-state index in [-0.39, 0.29) is 18.2 Å². The van der Waals surface area contributed by atoms with Gasteiger partial charge in [-0.05, 0) is 62.7 Å². The normalized spacial score (nSPS) is 23.7. The summed E-state index contributed by atoms with van der Waals surface area (Å²) in [7, 11) is 0. The van der Waals surface area contributed by atoms with Gasteiger partial charge in [0, 0.05) is 48.0 Å². The number of benzene rings is 1. The lowest BCUT2D eigenvalue weighted by Crippen LogP contribution is -2.51. The van der Waals surface area contributed by atoms with E-state index < -0.39 is 17.5 Å². The number of alkyl halides is 1. The van der Waals surface area contributed by atoms with Gasteiger partial charge in [-0.1, -0.05) is 12.5 Å². The summed E-state index contributed by atoms with van der Waals surface area (Å²) in [6, 6.07) is 3.37. The molecule has 2 aliphatic rings. The first kappa shape index (κ1) is 23.7. The molecule has 3 N–H and O–H groups in total. The molecule has 0 saturated carbocycles. The smallest absolute Gasteiger partial charge is 0.179 e. The van der Waals surface area contributed by atoms with Gasteiger partial charge >= 0.3 is 0 Å². The van der Waals surface area contributed by atoms with Crippen LogP contribution in [0.4, 0.5) is 18.9 Å². The summed E-state index contributed by atoms with van der Waals surface area (Å²) in [5.41, 5.74) is 9.02. The SMILES string of the molecule is C#CC(F)/C=C\C(F)=C/CC1=NN(C(=C)C)C2(C1)c1cc(C)c(F)cc1NCC2CCN. The molecule has 0 amide bonds. The lowest BCUT2D eigenvalue weighted by atomic mass is 9.69. The quantitative estimate of drug-likeness (QED) is 0.457. The Morgan fingerprint density at radius 3 is 2.94 bits per heavy atom. The molecule has 0 saturated heterocycles. The molecular weight excluding hydrogens is 413 g/mol. The average molecular weight is 443 g/mol. The Hall–Kier alpha value is -2.98. The summed E-state index contributed by atoms with van der Waals surface area (Å²) in [6.45, 7) is 8.81. The predicted molar refractivity (Wildman–Crippen MR) is 124 cm³/mol. The molecular formula is C25H29F3N4. The average Bonchev–Trinajstić information content (AvgIpc) is 3.14. The Morgan fingerprint density at radius 1 is 1.53 bits per heavy atom. The Balaban J connectivity index is 2.00. The molecule has 4 nitrogen and oxygen atoms in total. The van der Waals surface area contributed by atoms with E-state index in [0.717, 1.165) is 41.2 Å². The van der Waals surface area contributed by atoms with Crippen LogP contribution in [0.25, 0.3) is 0 Å². The first-order valence-corrected chi connectivity index (χ1v) is 10.6. The van der Waals surface area contributed by atoms with E-state index in [1.165, 1.54) is 12.1 Å². The second-order valence-electron chi connectivity index (χ2n) is 8.34. The van der Waals surface area contributed by atoms with E-state index in [4.69, 9.17) is 17.3 Å². The van der Waals surface area contributed by atoms with E-state index >= 15 is 0 Å². The van der Waals surface area contributed by atoms with Crippen molar-refractivity contribution < 1.29 is 13.2 Å². The summed E-state index contributed by atoms with van der Waals surface area (Å²) in [5.74, 6) is 1.10. The number of nitrogens with two attached hydrogens (primary N) is 1. The highest BCUT2D eigenvalue weighted by Crippen LogP contribution is 2.52. The van der Waals surface area contributed by atoms with E-state index in [1.807, 2.05) is 23.9 Å². The zero-order valence-corrected chi connectivity index (χ0v) is 18.5. The maximum absolute atomic E-state index is 14.3. The van der Waals surface area contributed by atoms with Crippen LogP contribution in [-0.2, 0) is 5.54 Å². The lowest BCUT2D eigenvalue weighted by Gasteiger charge is -2.48. The van der Waals surface area contributed by atoms with Crippen molar-refractivity contribution in [2.75, 3.05) is 18.4 Å². The number of hydrogen-bond acceptors (Lipinski definition) is 4. The molecule has 1 spiro atoms. The van der Waals surface area contributed by atoms with Crippen molar-refractivity contribution in [3.8, 4) is 12.3 Å². The molecule has 1 aromatic rings. The van der Waals surface area contributed by atoms with E-state index in [0.29, 0.717) is 25.1 Å². The van der Waals surface area contributed by atoms with Crippen LogP contribution < -0.4 is 11.1 Å². The third-order valence-electron chi connectivity index (χ3n) is 6.07. The fourth-order valence-electron chi connectivity index (χ4n) is 4.58. The van der Waals surface area contributed by atoms with Crippen LogP contribution in [0.3, 0.4) is 0 Å². The van der Waals surface area contributed by atoms with Crippen LogP contribution in [0.2, 0.25) is 0 Å². The Morgan fingerprint density at radius 2 is 2.28 bits per heavy atom. The molecule has 0 aromatic heterocycles. The number of rotatable bonds is 7. The molecule has 2 heterocycles. The van der Waals surface area contributed by atoms with Gasteiger partial charge in [0.25, 0.3) is 0 Å². The standard InChI is InChI=1S/C25H29F3N4/c1-5-19(26)6-7-20(27)8-9-21-14-25(32(31-21)16(2)3)18(10-11-29)15-30-24-13-23(28)17(4)12-22(24)25/h1,6-8,12-13,18-19,30H,2,9-11,14-15,29H2,3-4H3/b7-6-,20-8+. The molecule has 2 aliphatic heterocycles. The molecule has 0 aliphatic carbocycles. The fraction of sp³-hybridized carbons (Fsp3) is 0.400. The van der Waals surface area contributed by atoms with Crippen molar-refractivity contribution in [1.29, 1.82) is 0 Å². The van der Waals surface area contributed by atoms with E-state index in [9.17, 15) is 13.2 Å². The van der Waals surface area contributed by atoms with Gasteiger partial charge in [-0.2, -0.15) is 5.10 Å². The Labute approximate surface area is 187 Å². The number of hydrazone groups is 1. The molecule has 3 atom stereocenters. The van der Waals surface area contributed by atoms with E-state index in [2.05, 4.69) is 11.9 Å². The molecule has 0 fully saturated rings. The summed E-state index contributed by atoms with van der Waals surface area (Å²) in [4.78, 5) is 0. The molecule has 0 bridgehead atoms. The topological polar surface area (TPSA) is 53.6 Å². The molecule has 170 valence electrons. The summed E-state index contributed by atoms with van der Waals surface area (Å²) >= 11 is 0. The Kier molecular flexibility index (Phi) is 7.15. The molecule has 1 aromatic carbocycles. The highest BCUT2D eigenvalue weighted by Gasteiger charge is 2.52. The second kappa shape index (κ2) is 9.66. The molecule has 7 heteroatoms. The lowest BCUT2D eigenvalue weighted by molar-refractivity contribution is 0.0832. The van der Waals surface area contributed by atoms with E-state index in [1.54, 1.807) is 6.92 Å². The van der Waals surface area contributed by atoms with Gasteiger partial charge in [0.05, 0.1) is 5.54 Å². The van der Waals surface area contributed by atoms with Gasteiger partial charge in [0.15, 0.2) is 6.17 Å². The maximum Gasteiger partial charge on any atom is 0.179 e. The fourth-order valence-corrected chi connectivity index (χ4v) is 4.58. The maximum atomic E-state index is 14.3. The van der Waals surface area contributed by atoms with Crippen LogP contribution in [-0.4, -0.2) is 30.0 Å². The van der Waals surface area contributed by atoms with Crippen molar-refractivity contribution in [3.05, 3.63) is 65.4 Å². The first-order valence-electron chi connectivity index (χ1n) is 10.6. The molecule has 0 radical (unpaired) electrons. The van der Waals surface area contributed by atoms with Gasteiger partial charge in [0.1, 0.15) is 11.6 Å². The van der Waals surface area contributed by atoms with Crippen LogP contribution in [0.15, 0.2) is 53.6 Å². The van der Waals surface area contributed by atoms with Gasteiger partial charge in [-0.15, -0.1) is 6.42 Å². The number of allylic oxidation sites excluding steroid dienone is 5. The van der Waals surface area contributed by atoms with Crippen molar-refractivity contribution in [1.82, 2.24) is 5.01 Å². The van der Waals surface area contributed by atoms with Crippen LogP contribution in [0.1, 0.15) is 37.3 Å². The minimum Gasteiger partial charge on any atom is -0.384 e. The monoisotopic (exact) mass is 442 g/mol. The number of nitrogens with one attached hydrogen (secondary N) is 1. The van der Waals surface area contributed by atoms with Crippen molar-refractivity contribution in [2.45, 2.75) is 44.8 Å². The second-order valence-corrected chi connectivity index (χ2v) is 8.34. The number of aryl methyl sites for hydroxylation is 1. The zero-order chi connectivity index (χ0) is 23.5. The number of nitrogens with zero attached hydrogens (tertiary/aromatic N) is 2. The predicted octanol–water partition coefficient (Wildman–Crippen LogP) is 5.09. The van der Waals surface area contributed by atoms with Crippen LogP contribution in [0.5, 0.6) is 0 Å². The highest BCUT2D eigenvalue weighted by atomic mass is 19.1. The first-order chi connectivity index (χ1) is 15.2. The van der Waals surface area contributed by atoms with Gasteiger partial charge < -0.3 is 11.1 Å². The number of hydrogen-bond donors (Lipinski definition) is 2. The highest BCUT2D eigenvalue weighted by molar-refractivity contribution is 5.89. The molecule has 3 rings (SSSR count). The van der Waals surface area contributed by atoms with Gasteiger partial charge in [0.2, 0.25) is 0 Å². The summed E-state index contributed by atoms with van der Waals surface area (Å²) in [6.07, 6.45) is 8.19. The summed E-state index contributed by atoms with van der Waals surface area (Å²) in [5, 5.41) is 10.0. The number of fused-ring (bicyclic) bond motifs is 2. The van der Waals surface area contributed by atoms with Gasteiger partial charge in [-0.25, -0.2) is 13.2 Å². The number of halogens is 3. The molecule has 32 heavy (non-hydrogen) atoms. The minimum absolute atomic E-state index is 0.0828. The molecule has 3 unspecified atom stereocenters. The van der Waals surface area contributed by atoms with Crippen molar-refractivity contribution in [2.24, 2.45) is 16.8 Å². The largest absolute Gasteiger partial charge is 0.384 e. The third-order valence-corrected chi connectivity index (χ3v) is 6.07. The number of anilines is 1. The minimum atomic E-state index is -1.63. The van der Waals surface area contributed by atoms with Gasteiger partial charge in [-0.3, -0.25) is 5.01 Å². The Bertz CT molecular complexity index is 1020. The zero-order valence-electron chi connectivity index (χ0n) is 18.5. The summed E-state index contributed by atoms with van der Waals surface area (Å²) < 4.78 is 41.6. The van der Waals surface area contributed by atoms with Crippen LogP contribution in [0, 0.1) is 31.0 Å². The van der Waals surface area contributed by atoms with Crippen molar-refractivity contribution in [3.63, 3.8) is 0 Å². The third kappa shape index (κ3) is 4.46.